The second-order valence-corrected chi connectivity index (χ2v) is 6.27. The molecule has 0 spiro atoms. The molecule has 0 N–H and O–H groups in total. The highest BCUT2D eigenvalue weighted by molar-refractivity contribution is 6.31. The third-order valence-electron chi connectivity index (χ3n) is 4.44. The lowest BCUT2D eigenvalue weighted by Gasteiger charge is -2.14. The summed E-state index contributed by atoms with van der Waals surface area (Å²) in [7, 11) is 1.58. The molecule has 124 valence electrons. The van der Waals surface area contributed by atoms with Gasteiger partial charge in [-0.2, -0.15) is 0 Å². The zero-order valence-corrected chi connectivity index (χ0v) is 14.2. The lowest BCUT2D eigenvalue weighted by Crippen LogP contribution is -2.29. The van der Waals surface area contributed by atoms with E-state index >= 15 is 0 Å². The van der Waals surface area contributed by atoms with Gasteiger partial charge in [-0.1, -0.05) is 41.9 Å². The Labute approximate surface area is 149 Å². The first-order valence-electron chi connectivity index (χ1n) is 7.80. The van der Waals surface area contributed by atoms with Gasteiger partial charge in [-0.05, 0) is 35.2 Å². The molecule has 0 atom stereocenters. The quantitative estimate of drug-likeness (QED) is 0.661. The van der Waals surface area contributed by atoms with E-state index < -0.39 is 0 Å². The molecular formula is C20H14ClNO3. The van der Waals surface area contributed by atoms with Gasteiger partial charge in [-0.3, -0.25) is 14.5 Å². The zero-order chi connectivity index (χ0) is 17.6. The first-order chi connectivity index (χ1) is 12.1. The van der Waals surface area contributed by atoms with Gasteiger partial charge in [-0.25, -0.2) is 0 Å². The van der Waals surface area contributed by atoms with E-state index in [-0.39, 0.29) is 18.4 Å². The molecule has 0 fully saturated rings. The van der Waals surface area contributed by atoms with Crippen LogP contribution < -0.4 is 4.74 Å². The summed E-state index contributed by atoms with van der Waals surface area (Å²) < 4.78 is 5.36. The molecule has 2 amide bonds. The number of methoxy groups -OCH3 is 1. The molecule has 1 heterocycles. The molecule has 4 rings (SSSR count). The van der Waals surface area contributed by atoms with Gasteiger partial charge < -0.3 is 4.74 Å². The average Bonchev–Trinajstić information content (AvgIpc) is 2.86. The predicted octanol–water partition coefficient (Wildman–Crippen LogP) is 4.30. The lowest BCUT2D eigenvalue weighted by atomic mass is 10.0. The molecule has 5 heteroatoms. The van der Waals surface area contributed by atoms with Crippen molar-refractivity contribution in [2.45, 2.75) is 6.54 Å². The van der Waals surface area contributed by atoms with Crippen molar-refractivity contribution < 1.29 is 14.3 Å². The van der Waals surface area contributed by atoms with Gasteiger partial charge in [0.15, 0.2) is 0 Å². The predicted molar refractivity (Wildman–Crippen MR) is 96.2 cm³/mol. The molecule has 0 aromatic heterocycles. The van der Waals surface area contributed by atoms with E-state index in [4.69, 9.17) is 16.3 Å². The number of hydrogen-bond acceptors (Lipinski definition) is 3. The van der Waals surface area contributed by atoms with E-state index in [1.54, 1.807) is 25.3 Å². The van der Waals surface area contributed by atoms with Crippen LogP contribution in [0, 0.1) is 0 Å². The van der Waals surface area contributed by atoms with Crippen molar-refractivity contribution in [3.8, 4) is 5.75 Å². The van der Waals surface area contributed by atoms with Crippen LogP contribution in [0.25, 0.3) is 10.8 Å². The summed E-state index contributed by atoms with van der Waals surface area (Å²) in [5.41, 5.74) is 1.55. The van der Waals surface area contributed by atoms with Crippen LogP contribution in [-0.2, 0) is 6.54 Å². The van der Waals surface area contributed by atoms with Gasteiger partial charge in [0.2, 0.25) is 0 Å². The van der Waals surface area contributed by atoms with E-state index in [1.165, 1.54) is 4.90 Å². The fourth-order valence-electron chi connectivity index (χ4n) is 3.15. The van der Waals surface area contributed by atoms with Gasteiger partial charge in [0.25, 0.3) is 11.8 Å². The topological polar surface area (TPSA) is 46.6 Å². The van der Waals surface area contributed by atoms with Crippen molar-refractivity contribution in [3.63, 3.8) is 0 Å². The SMILES string of the molecule is COc1cccc2cc3c(cc12)C(=O)N(Cc1ccccc1Cl)C3=O. The summed E-state index contributed by atoms with van der Waals surface area (Å²) >= 11 is 6.17. The largest absolute Gasteiger partial charge is 0.496 e. The number of ether oxygens (including phenoxy) is 1. The lowest BCUT2D eigenvalue weighted by molar-refractivity contribution is 0.0642. The van der Waals surface area contributed by atoms with Crippen molar-refractivity contribution >= 4 is 34.2 Å². The molecular weight excluding hydrogens is 338 g/mol. The van der Waals surface area contributed by atoms with Crippen LogP contribution in [0.1, 0.15) is 26.3 Å². The number of halogens is 1. The Morgan fingerprint density at radius 3 is 2.40 bits per heavy atom. The number of imide groups is 1. The fourth-order valence-corrected chi connectivity index (χ4v) is 3.35. The third-order valence-corrected chi connectivity index (χ3v) is 4.80. The summed E-state index contributed by atoms with van der Waals surface area (Å²) in [6, 6.07) is 16.3. The molecule has 3 aromatic rings. The Bertz CT molecular complexity index is 1030. The summed E-state index contributed by atoms with van der Waals surface area (Å²) in [5, 5.41) is 2.20. The second kappa shape index (κ2) is 5.90. The van der Waals surface area contributed by atoms with Crippen molar-refractivity contribution in [3.05, 3.63) is 76.3 Å². The number of fused-ring (bicyclic) bond motifs is 2. The Morgan fingerprint density at radius 1 is 0.960 bits per heavy atom. The number of benzene rings is 3. The maximum absolute atomic E-state index is 12.8. The monoisotopic (exact) mass is 351 g/mol. The van der Waals surface area contributed by atoms with Crippen LogP contribution in [0.15, 0.2) is 54.6 Å². The minimum atomic E-state index is -0.312. The number of amides is 2. The molecule has 0 radical (unpaired) electrons. The molecule has 3 aromatic carbocycles. The van der Waals surface area contributed by atoms with Gasteiger partial charge >= 0.3 is 0 Å². The highest BCUT2D eigenvalue weighted by atomic mass is 35.5. The molecule has 0 saturated heterocycles. The van der Waals surface area contributed by atoms with Crippen LogP contribution in [0.5, 0.6) is 5.75 Å². The van der Waals surface area contributed by atoms with E-state index in [0.717, 1.165) is 16.3 Å². The maximum atomic E-state index is 12.8. The normalized spacial score (nSPS) is 13.4. The third kappa shape index (κ3) is 2.46. The van der Waals surface area contributed by atoms with Crippen LogP contribution in [0.4, 0.5) is 0 Å². The minimum absolute atomic E-state index is 0.152. The Morgan fingerprint density at radius 2 is 1.68 bits per heavy atom. The van der Waals surface area contributed by atoms with Crippen molar-refractivity contribution in [1.29, 1.82) is 0 Å². The highest BCUT2D eigenvalue weighted by Crippen LogP contribution is 2.33. The van der Waals surface area contributed by atoms with E-state index in [0.29, 0.717) is 21.9 Å². The molecule has 25 heavy (non-hydrogen) atoms. The van der Waals surface area contributed by atoms with E-state index in [9.17, 15) is 9.59 Å². The van der Waals surface area contributed by atoms with Crippen LogP contribution in [0.2, 0.25) is 5.02 Å². The first kappa shape index (κ1) is 15.7. The van der Waals surface area contributed by atoms with Gasteiger partial charge in [0.05, 0.1) is 24.8 Å². The first-order valence-corrected chi connectivity index (χ1v) is 8.18. The molecule has 1 aliphatic rings. The molecule has 0 saturated carbocycles. The van der Waals surface area contributed by atoms with Gasteiger partial charge in [0, 0.05) is 10.4 Å². The fraction of sp³-hybridized carbons (Fsp3) is 0.100. The van der Waals surface area contributed by atoms with E-state index in [2.05, 4.69) is 0 Å². The molecule has 0 unspecified atom stereocenters. The number of carbonyl (C=O) groups is 2. The van der Waals surface area contributed by atoms with Crippen molar-refractivity contribution in [1.82, 2.24) is 4.90 Å². The maximum Gasteiger partial charge on any atom is 0.261 e. The zero-order valence-electron chi connectivity index (χ0n) is 13.5. The van der Waals surface area contributed by atoms with Gasteiger partial charge in [0.1, 0.15) is 5.75 Å². The molecule has 0 bridgehead atoms. The van der Waals surface area contributed by atoms with Crippen molar-refractivity contribution in [2.75, 3.05) is 7.11 Å². The summed E-state index contributed by atoms with van der Waals surface area (Å²) in [5.74, 6) is 0.0578. The number of carbonyl (C=O) groups excluding carboxylic acids is 2. The highest BCUT2D eigenvalue weighted by Gasteiger charge is 2.36. The van der Waals surface area contributed by atoms with Crippen LogP contribution in [0.3, 0.4) is 0 Å². The van der Waals surface area contributed by atoms with Gasteiger partial charge in [-0.15, -0.1) is 0 Å². The number of hydrogen-bond donors (Lipinski definition) is 0. The molecule has 4 nitrogen and oxygen atoms in total. The van der Waals surface area contributed by atoms with Crippen molar-refractivity contribution in [2.24, 2.45) is 0 Å². The smallest absolute Gasteiger partial charge is 0.261 e. The van der Waals surface area contributed by atoms with E-state index in [1.807, 2.05) is 36.4 Å². The Hall–Kier alpha value is -2.85. The molecule has 0 aliphatic carbocycles. The standard InChI is InChI=1S/C20H14ClNO3/c1-25-18-8-4-6-12-9-15-16(10-14(12)18)20(24)22(19(15)23)11-13-5-2-3-7-17(13)21/h2-10H,11H2,1H3. The summed E-state index contributed by atoms with van der Waals surface area (Å²) in [6.07, 6.45) is 0. The minimum Gasteiger partial charge on any atom is -0.496 e. The molecule has 1 aliphatic heterocycles. The Kier molecular flexibility index (Phi) is 3.70. The Balaban J connectivity index is 1.79. The average molecular weight is 352 g/mol. The van der Waals surface area contributed by atoms with Crippen LogP contribution >= 0.6 is 11.6 Å². The number of rotatable bonds is 3. The summed E-state index contributed by atoms with van der Waals surface area (Å²) in [6.45, 7) is 0.152. The van der Waals surface area contributed by atoms with Crippen LogP contribution in [-0.4, -0.2) is 23.8 Å². The summed E-state index contributed by atoms with van der Waals surface area (Å²) in [4.78, 5) is 26.8. The number of nitrogens with zero attached hydrogens (tertiary/aromatic N) is 1. The second-order valence-electron chi connectivity index (χ2n) is 5.87.